The first-order valence-electron chi connectivity index (χ1n) is 3.88. The second-order valence-corrected chi connectivity index (χ2v) is 2.52. The van der Waals surface area contributed by atoms with Crippen LogP contribution in [0.1, 0.15) is 12.5 Å². The number of anilines is 2. The minimum Gasteiger partial charge on any atom is -0.370 e. The number of nitrogens with two attached hydrogens (primary N) is 1. The van der Waals surface area contributed by atoms with Gasteiger partial charge in [-0.15, -0.1) is 0 Å². The maximum atomic E-state index is 12.3. The molecule has 0 saturated heterocycles. The first kappa shape index (κ1) is 10.6. The van der Waals surface area contributed by atoms with Gasteiger partial charge < -0.3 is 11.1 Å². The van der Waals surface area contributed by atoms with Gasteiger partial charge in [0.1, 0.15) is 11.4 Å². The largest absolute Gasteiger partial charge is 0.421 e. The van der Waals surface area contributed by atoms with Crippen molar-refractivity contribution < 1.29 is 13.2 Å². The molecule has 0 aliphatic rings. The number of alkyl halides is 3. The number of nitrogens with zero attached hydrogens (tertiary/aromatic N) is 2. The molecule has 0 aromatic carbocycles. The Kier molecular flexibility index (Phi) is 2.78. The van der Waals surface area contributed by atoms with Gasteiger partial charge >= 0.3 is 6.18 Å². The van der Waals surface area contributed by atoms with Crippen LogP contribution in [-0.4, -0.2) is 16.5 Å². The normalized spacial score (nSPS) is 11.4. The molecular weight excluding hydrogens is 197 g/mol. The van der Waals surface area contributed by atoms with E-state index in [0.717, 1.165) is 0 Å². The van der Waals surface area contributed by atoms with E-state index in [1.165, 1.54) is 0 Å². The zero-order valence-electron chi connectivity index (χ0n) is 7.39. The van der Waals surface area contributed by atoms with Crippen molar-refractivity contribution in [1.29, 1.82) is 0 Å². The summed E-state index contributed by atoms with van der Waals surface area (Å²) in [4.78, 5) is 6.76. The average molecular weight is 206 g/mol. The van der Waals surface area contributed by atoms with Gasteiger partial charge in [0.15, 0.2) is 0 Å². The Morgan fingerprint density at radius 1 is 1.50 bits per heavy atom. The van der Waals surface area contributed by atoms with Crippen LogP contribution in [0.5, 0.6) is 0 Å². The quantitative estimate of drug-likeness (QED) is 0.769. The number of hydrogen-bond acceptors (Lipinski definition) is 4. The topological polar surface area (TPSA) is 63.8 Å². The molecule has 14 heavy (non-hydrogen) atoms. The van der Waals surface area contributed by atoms with Crippen LogP contribution in [-0.2, 0) is 6.18 Å². The van der Waals surface area contributed by atoms with Gasteiger partial charge in [-0.2, -0.15) is 18.2 Å². The second-order valence-electron chi connectivity index (χ2n) is 2.52. The molecule has 1 rings (SSSR count). The molecule has 3 N–H and O–H groups in total. The third-order valence-electron chi connectivity index (χ3n) is 1.46. The van der Waals surface area contributed by atoms with Crippen molar-refractivity contribution in [2.75, 3.05) is 17.6 Å². The van der Waals surface area contributed by atoms with Crippen LogP contribution in [0.3, 0.4) is 0 Å². The molecule has 0 atom stereocenters. The molecule has 0 bridgehead atoms. The summed E-state index contributed by atoms with van der Waals surface area (Å²) < 4.78 is 37.0. The monoisotopic (exact) mass is 206 g/mol. The van der Waals surface area contributed by atoms with Gasteiger partial charge in [0.2, 0.25) is 5.95 Å². The average Bonchev–Trinajstić information content (AvgIpc) is 2.02. The Labute approximate surface area is 78.4 Å². The molecule has 0 aliphatic carbocycles. The van der Waals surface area contributed by atoms with Crippen LogP contribution in [0, 0.1) is 0 Å². The van der Waals surface area contributed by atoms with Crippen molar-refractivity contribution in [1.82, 2.24) is 9.97 Å². The highest BCUT2D eigenvalue weighted by atomic mass is 19.4. The molecule has 78 valence electrons. The smallest absolute Gasteiger partial charge is 0.370 e. The third-order valence-corrected chi connectivity index (χ3v) is 1.46. The fourth-order valence-corrected chi connectivity index (χ4v) is 0.905. The third kappa shape index (κ3) is 2.24. The number of rotatable bonds is 2. The minimum absolute atomic E-state index is 0.186. The maximum absolute atomic E-state index is 12.3. The molecule has 0 spiro atoms. The molecule has 1 aromatic rings. The molecule has 0 amide bonds. The molecule has 7 heteroatoms. The van der Waals surface area contributed by atoms with Gasteiger partial charge in [-0.25, -0.2) is 4.98 Å². The molecule has 0 unspecified atom stereocenters. The van der Waals surface area contributed by atoms with Crippen LogP contribution in [0.4, 0.5) is 24.9 Å². The van der Waals surface area contributed by atoms with Crippen LogP contribution in [0.25, 0.3) is 0 Å². The number of nitrogen functional groups attached to an aromatic ring is 1. The fourth-order valence-electron chi connectivity index (χ4n) is 0.905. The zero-order valence-corrected chi connectivity index (χ0v) is 7.39. The minimum atomic E-state index is -4.47. The summed E-state index contributed by atoms with van der Waals surface area (Å²) in [5.74, 6) is -0.471. The molecule has 0 radical (unpaired) electrons. The molecule has 1 aromatic heterocycles. The Morgan fingerprint density at radius 2 is 2.14 bits per heavy atom. The summed E-state index contributed by atoms with van der Waals surface area (Å²) in [7, 11) is 0. The molecule has 0 aliphatic heterocycles. The van der Waals surface area contributed by atoms with E-state index in [4.69, 9.17) is 5.73 Å². The Hall–Kier alpha value is -1.53. The summed E-state index contributed by atoms with van der Waals surface area (Å²) in [6.45, 7) is 2.00. The molecule has 0 fully saturated rings. The highest BCUT2D eigenvalue weighted by Gasteiger charge is 2.34. The van der Waals surface area contributed by atoms with Gasteiger partial charge in [-0.1, -0.05) is 0 Å². The highest BCUT2D eigenvalue weighted by Crippen LogP contribution is 2.33. The van der Waals surface area contributed by atoms with Crippen molar-refractivity contribution in [3.05, 3.63) is 11.8 Å². The zero-order chi connectivity index (χ0) is 10.8. The summed E-state index contributed by atoms with van der Waals surface area (Å²) >= 11 is 0. The summed E-state index contributed by atoms with van der Waals surface area (Å²) in [5, 5.41) is 2.47. The first-order valence-corrected chi connectivity index (χ1v) is 3.88. The molecular formula is C7H9F3N4. The predicted octanol–water partition coefficient (Wildman–Crippen LogP) is 1.51. The first-order chi connectivity index (χ1) is 6.45. The predicted molar refractivity (Wildman–Crippen MR) is 45.6 cm³/mol. The van der Waals surface area contributed by atoms with Gasteiger partial charge in [-0.05, 0) is 6.92 Å². The number of nitrogens with one attached hydrogen (secondary N) is 1. The van der Waals surface area contributed by atoms with Crippen molar-refractivity contribution in [2.24, 2.45) is 0 Å². The Morgan fingerprint density at radius 3 is 2.64 bits per heavy atom. The van der Waals surface area contributed by atoms with Crippen LogP contribution in [0.15, 0.2) is 6.20 Å². The molecule has 0 saturated carbocycles. The number of halogens is 3. The van der Waals surface area contributed by atoms with E-state index in [1.807, 2.05) is 0 Å². The van der Waals surface area contributed by atoms with E-state index >= 15 is 0 Å². The fraction of sp³-hybridized carbons (Fsp3) is 0.429. The van der Waals surface area contributed by atoms with Gasteiger partial charge in [0.25, 0.3) is 0 Å². The molecule has 4 nitrogen and oxygen atoms in total. The summed E-state index contributed by atoms with van der Waals surface area (Å²) in [5.41, 5.74) is 4.26. The lowest BCUT2D eigenvalue weighted by Crippen LogP contribution is -2.14. The van der Waals surface area contributed by atoms with E-state index in [1.54, 1.807) is 6.92 Å². The van der Waals surface area contributed by atoms with E-state index in [2.05, 4.69) is 15.3 Å². The van der Waals surface area contributed by atoms with Crippen molar-refractivity contribution in [3.63, 3.8) is 0 Å². The second kappa shape index (κ2) is 3.69. The summed E-state index contributed by atoms with van der Waals surface area (Å²) in [6, 6.07) is 0. The summed E-state index contributed by atoms with van der Waals surface area (Å²) in [6.07, 6.45) is -3.80. The lowest BCUT2D eigenvalue weighted by molar-refractivity contribution is -0.137. The lowest BCUT2D eigenvalue weighted by atomic mass is 10.3. The van der Waals surface area contributed by atoms with Crippen LogP contribution < -0.4 is 11.1 Å². The van der Waals surface area contributed by atoms with E-state index in [-0.39, 0.29) is 11.8 Å². The van der Waals surface area contributed by atoms with Crippen molar-refractivity contribution in [3.8, 4) is 0 Å². The van der Waals surface area contributed by atoms with Crippen molar-refractivity contribution >= 4 is 11.8 Å². The number of aromatic nitrogens is 2. The Bertz CT molecular complexity index is 323. The Balaban J connectivity index is 3.15. The van der Waals surface area contributed by atoms with Gasteiger partial charge in [0.05, 0.1) is 0 Å². The van der Waals surface area contributed by atoms with Gasteiger partial charge in [-0.3, -0.25) is 0 Å². The van der Waals surface area contributed by atoms with Crippen LogP contribution in [0.2, 0.25) is 0 Å². The number of hydrogen-bond donors (Lipinski definition) is 2. The van der Waals surface area contributed by atoms with E-state index in [9.17, 15) is 13.2 Å². The lowest BCUT2D eigenvalue weighted by Gasteiger charge is -2.11. The van der Waals surface area contributed by atoms with E-state index < -0.39 is 11.7 Å². The SMILES string of the molecule is CCNc1nc(N)ncc1C(F)(F)F. The standard InChI is InChI=1S/C7H9F3N4/c1-2-12-5-4(7(8,9)10)3-13-6(11)14-5/h3H,2H2,1H3,(H3,11,12,13,14). The van der Waals surface area contributed by atoms with Crippen LogP contribution >= 0.6 is 0 Å². The maximum Gasteiger partial charge on any atom is 0.421 e. The molecule has 1 heterocycles. The van der Waals surface area contributed by atoms with E-state index in [0.29, 0.717) is 12.7 Å². The van der Waals surface area contributed by atoms with Crippen molar-refractivity contribution in [2.45, 2.75) is 13.1 Å². The highest BCUT2D eigenvalue weighted by molar-refractivity contribution is 5.47. The van der Waals surface area contributed by atoms with Gasteiger partial charge in [0, 0.05) is 12.7 Å².